The van der Waals surface area contributed by atoms with Crippen molar-refractivity contribution in [1.29, 1.82) is 0 Å². The summed E-state index contributed by atoms with van der Waals surface area (Å²) in [6.45, 7) is 11.2. The number of aryl methyl sites for hydroxylation is 2. The number of ether oxygens (including phenoxy) is 4. The molecular formula is C40H44N2O8. The Kier molecular flexibility index (Phi) is 9.23. The summed E-state index contributed by atoms with van der Waals surface area (Å²) in [5.41, 5.74) is 2.07. The van der Waals surface area contributed by atoms with Crippen molar-refractivity contribution in [3.8, 4) is 0 Å². The van der Waals surface area contributed by atoms with Crippen molar-refractivity contribution >= 4 is 21.5 Å². The summed E-state index contributed by atoms with van der Waals surface area (Å²) in [5, 5.41) is 0.642. The van der Waals surface area contributed by atoms with E-state index in [1.54, 1.807) is 0 Å². The molecule has 2 aliphatic heterocycles. The summed E-state index contributed by atoms with van der Waals surface area (Å²) in [6.07, 6.45) is 1.39. The molecule has 0 bridgehead atoms. The van der Waals surface area contributed by atoms with Crippen molar-refractivity contribution in [2.45, 2.75) is 79.0 Å². The predicted molar refractivity (Wildman–Crippen MR) is 191 cm³/mol. The molecule has 4 heterocycles. The SMILES string of the molecule is CC1(C)COC(c2ccccc2CCCn2c(=O)c3cc4c(=O)n(CCCc5ccccc5C5OCC(C)(C)CO5)c(=O)c4cc3c2=O)OC1. The molecule has 2 saturated heterocycles. The number of fused-ring (bicyclic) bond motifs is 2. The van der Waals surface area contributed by atoms with Gasteiger partial charge in [-0.15, -0.1) is 0 Å². The van der Waals surface area contributed by atoms with Gasteiger partial charge in [0.2, 0.25) is 0 Å². The molecule has 2 aromatic heterocycles. The molecule has 0 radical (unpaired) electrons. The molecule has 5 aromatic rings. The Balaban J connectivity index is 1.05. The van der Waals surface area contributed by atoms with Crippen LogP contribution < -0.4 is 22.2 Å². The minimum atomic E-state index is -0.454. The lowest BCUT2D eigenvalue weighted by Gasteiger charge is -2.35. The fraction of sp³-hybridized carbons (Fsp3) is 0.450. The lowest BCUT2D eigenvalue weighted by molar-refractivity contribution is -0.226. The highest BCUT2D eigenvalue weighted by Crippen LogP contribution is 2.34. The zero-order valence-electron chi connectivity index (χ0n) is 29.2. The van der Waals surface area contributed by atoms with Gasteiger partial charge in [0.05, 0.1) is 48.0 Å². The van der Waals surface area contributed by atoms with E-state index < -0.39 is 34.8 Å². The van der Waals surface area contributed by atoms with Crippen LogP contribution in [0.5, 0.6) is 0 Å². The Morgan fingerprint density at radius 3 is 1.20 bits per heavy atom. The van der Waals surface area contributed by atoms with Crippen LogP contribution in [0.25, 0.3) is 21.5 Å². The van der Waals surface area contributed by atoms with Crippen molar-refractivity contribution in [2.24, 2.45) is 10.8 Å². The monoisotopic (exact) mass is 680 g/mol. The minimum Gasteiger partial charge on any atom is -0.348 e. The lowest BCUT2D eigenvalue weighted by Crippen LogP contribution is -2.34. The summed E-state index contributed by atoms with van der Waals surface area (Å²) < 4.78 is 26.4. The third-order valence-electron chi connectivity index (χ3n) is 9.84. The van der Waals surface area contributed by atoms with Gasteiger partial charge in [0, 0.05) is 35.0 Å². The molecule has 0 saturated carbocycles. The fourth-order valence-electron chi connectivity index (χ4n) is 7.06. The molecule has 7 rings (SSSR count). The predicted octanol–water partition coefficient (Wildman–Crippen LogP) is 5.32. The molecule has 2 fully saturated rings. The Bertz CT molecular complexity index is 2000. The number of aromatic nitrogens is 2. The average molecular weight is 681 g/mol. The maximum Gasteiger partial charge on any atom is 0.261 e. The van der Waals surface area contributed by atoms with Gasteiger partial charge in [0.1, 0.15) is 0 Å². The van der Waals surface area contributed by atoms with Crippen LogP contribution in [0.1, 0.15) is 75.4 Å². The molecule has 10 heteroatoms. The van der Waals surface area contributed by atoms with E-state index in [-0.39, 0.29) is 45.5 Å². The van der Waals surface area contributed by atoms with Gasteiger partial charge in [0.15, 0.2) is 12.6 Å². The first-order valence-corrected chi connectivity index (χ1v) is 17.4. The van der Waals surface area contributed by atoms with Crippen molar-refractivity contribution < 1.29 is 18.9 Å². The molecule has 0 unspecified atom stereocenters. The number of nitrogens with zero attached hydrogens (tertiary/aromatic N) is 2. The van der Waals surface area contributed by atoms with E-state index in [0.717, 1.165) is 22.3 Å². The number of hydrogen-bond donors (Lipinski definition) is 0. The third kappa shape index (κ3) is 6.65. The normalized spacial score (nSPS) is 18.3. The minimum absolute atomic E-state index is 0.0457. The molecule has 2 aliphatic rings. The number of rotatable bonds is 10. The first kappa shape index (κ1) is 34.2. The molecule has 0 aliphatic carbocycles. The Labute approximate surface area is 289 Å². The van der Waals surface area contributed by atoms with Crippen LogP contribution in [-0.4, -0.2) is 35.6 Å². The zero-order chi connectivity index (χ0) is 35.2. The van der Waals surface area contributed by atoms with E-state index in [9.17, 15) is 19.2 Å². The quantitative estimate of drug-likeness (QED) is 0.195. The lowest BCUT2D eigenvalue weighted by atomic mass is 9.94. The van der Waals surface area contributed by atoms with E-state index in [2.05, 4.69) is 27.7 Å². The van der Waals surface area contributed by atoms with Crippen molar-refractivity contribution in [3.05, 3.63) is 124 Å². The highest BCUT2D eigenvalue weighted by molar-refractivity contribution is 5.97. The summed E-state index contributed by atoms with van der Waals surface area (Å²) >= 11 is 0. The topological polar surface area (TPSA) is 115 Å². The first-order chi connectivity index (χ1) is 23.9. The maximum atomic E-state index is 13.5. The molecule has 10 nitrogen and oxygen atoms in total. The van der Waals surface area contributed by atoms with Gasteiger partial charge in [-0.2, -0.15) is 0 Å². The standard InChI is InChI=1S/C40H44N2O8/c1-39(2)21-47-37(48-22-39)27-15-7-5-11-25(27)13-9-17-41-33(43)29-19-31-32(20-30(29)34(41)44)36(46)42(35(31)45)18-10-14-26-12-6-8-16-28(26)38-49-23-40(3,4)24-50-38/h5-8,11-12,15-16,19-20,37-38H,9-10,13-14,17-18,21-24H2,1-4H3. The molecule has 50 heavy (non-hydrogen) atoms. The average Bonchev–Trinajstić information content (AvgIpc) is 3.47. The molecule has 0 spiro atoms. The van der Waals surface area contributed by atoms with Crippen LogP contribution in [0.4, 0.5) is 0 Å². The third-order valence-corrected chi connectivity index (χ3v) is 9.84. The number of benzene rings is 3. The van der Waals surface area contributed by atoms with Crippen LogP contribution in [0.3, 0.4) is 0 Å². The van der Waals surface area contributed by atoms with Gasteiger partial charge in [-0.1, -0.05) is 76.2 Å². The maximum absolute atomic E-state index is 13.5. The molecule has 262 valence electrons. The summed E-state index contributed by atoms with van der Waals surface area (Å²) in [6, 6.07) is 18.6. The summed E-state index contributed by atoms with van der Waals surface area (Å²) in [7, 11) is 0. The fourth-order valence-corrected chi connectivity index (χ4v) is 7.06. The zero-order valence-corrected chi connectivity index (χ0v) is 29.2. The molecule has 3 aromatic carbocycles. The van der Waals surface area contributed by atoms with Gasteiger partial charge in [-0.25, -0.2) is 0 Å². The second kappa shape index (κ2) is 13.5. The number of hydrogen-bond acceptors (Lipinski definition) is 8. The summed E-state index contributed by atoms with van der Waals surface area (Å²) in [4.78, 5) is 53.8. The second-order valence-corrected chi connectivity index (χ2v) is 15.3. The van der Waals surface area contributed by atoms with E-state index in [1.165, 1.54) is 21.3 Å². The van der Waals surface area contributed by atoms with Gasteiger partial charge in [-0.3, -0.25) is 28.3 Å². The molecule has 0 N–H and O–H groups in total. The second-order valence-electron chi connectivity index (χ2n) is 15.3. The smallest absolute Gasteiger partial charge is 0.261 e. The van der Waals surface area contributed by atoms with Gasteiger partial charge in [-0.05, 0) is 48.9 Å². The first-order valence-electron chi connectivity index (χ1n) is 17.4. The van der Waals surface area contributed by atoms with Gasteiger partial charge >= 0.3 is 0 Å². The van der Waals surface area contributed by atoms with Crippen molar-refractivity contribution in [1.82, 2.24) is 9.13 Å². The molecule has 0 amide bonds. The van der Waals surface area contributed by atoms with Gasteiger partial charge in [0.25, 0.3) is 22.2 Å². The largest absolute Gasteiger partial charge is 0.348 e. The molecule has 0 atom stereocenters. The Hall–Kier alpha value is -4.22. The molecular weight excluding hydrogens is 636 g/mol. The van der Waals surface area contributed by atoms with Crippen molar-refractivity contribution in [2.75, 3.05) is 26.4 Å². The van der Waals surface area contributed by atoms with Gasteiger partial charge < -0.3 is 18.9 Å². The van der Waals surface area contributed by atoms with Crippen LogP contribution in [-0.2, 0) is 44.9 Å². The van der Waals surface area contributed by atoms with Crippen molar-refractivity contribution in [3.63, 3.8) is 0 Å². The van der Waals surface area contributed by atoms with E-state index in [0.29, 0.717) is 52.1 Å². The van der Waals surface area contributed by atoms with Crippen LogP contribution >= 0.6 is 0 Å². The Morgan fingerprint density at radius 2 is 0.860 bits per heavy atom. The van der Waals surface area contributed by atoms with Crippen LogP contribution in [0.2, 0.25) is 0 Å². The highest BCUT2D eigenvalue weighted by Gasteiger charge is 2.31. The van der Waals surface area contributed by atoms with E-state index >= 15 is 0 Å². The van der Waals surface area contributed by atoms with Crippen LogP contribution in [0, 0.1) is 10.8 Å². The van der Waals surface area contributed by atoms with E-state index in [4.69, 9.17) is 18.9 Å². The van der Waals surface area contributed by atoms with Crippen LogP contribution in [0.15, 0.2) is 79.8 Å². The summed E-state index contributed by atoms with van der Waals surface area (Å²) in [5.74, 6) is 0. The Morgan fingerprint density at radius 1 is 0.540 bits per heavy atom. The van der Waals surface area contributed by atoms with E-state index in [1.807, 2.05) is 48.5 Å². The highest BCUT2D eigenvalue weighted by atomic mass is 16.7.